The molecule has 1 aromatic carbocycles. The van der Waals surface area contributed by atoms with Gasteiger partial charge in [-0.3, -0.25) is 10.1 Å². The minimum absolute atomic E-state index is 0.0712. The van der Waals surface area contributed by atoms with Crippen LogP contribution in [0.4, 0.5) is 5.69 Å². The fraction of sp³-hybridized carbons (Fsp3) is 0.417. The summed E-state index contributed by atoms with van der Waals surface area (Å²) in [4.78, 5) is 23.4. The number of nitrogens with zero attached hydrogens (tertiary/aromatic N) is 2. The summed E-state index contributed by atoms with van der Waals surface area (Å²) >= 11 is 0. The summed E-state index contributed by atoms with van der Waals surface area (Å²) in [7, 11) is 3.72. The van der Waals surface area contributed by atoms with Crippen molar-refractivity contribution in [3.05, 3.63) is 33.4 Å². The minimum Gasteiger partial charge on any atom is -0.482 e. The molecule has 1 aliphatic heterocycles. The molecule has 0 amide bonds. The van der Waals surface area contributed by atoms with Crippen LogP contribution >= 0.6 is 0 Å². The predicted molar refractivity (Wildman–Crippen MR) is 66.7 cm³/mol. The number of ether oxygens (including phenoxy) is 1. The van der Waals surface area contributed by atoms with E-state index in [0.29, 0.717) is 18.5 Å². The zero-order valence-electron chi connectivity index (χ0n) is 10.6. The molecular formula is C12H14N2O5. The van der Waals surface area contributed by atoms with Crippen molar-refractivity contribution >= 4 is 11.7 Å². The van der Waals surface area contributed by atoms with Gasteiger partial charge in [0.1, 0.15) is 6.10 Å². The van der Waals surface area contributed by atoms with E-state index in [-0.39, 0.29) is 23.1 Å². The molecule has 0 aliphatic carbocycles. The second-order valence-electron chi connectivity index (χ2n) is 4.71. The van der Waals surface area contributed by atoms with Crippen LogP contribution in [0.25, 0.3) is 0 Å². The quantitative estimate of drug-likeness (QED) is 0.649. The van der Waals surface area contributed by atoms with Crippen LogP contribution in [0, 0.1) is 10.1 Å². The van der Waals surface area contributed by atoms with Crippen LogP contribution in [-0.2, 0) is 6.42 Å². The lowest BCUT2D eigenvalue weighted by Crippen LogP contribution is -2.29. The van der Waals surface area contributed by atoms with E-state index in [1.54, 1.807) is 0 Å². The van der Waals surface area contributed by atoms with E-state index in [2.05, 4.69) is 0 Å². The highest BCUT2D eigenvalue weighted by molar-refractivity contribution is 5.91. The maximum atomic E-state index is 11.1. The lowest BCUT2D eigenvalue weighted by Gasteiger charge is -2.15. The summed E-state index contributed by atoms with van der Waals surface area (Å²) < 4.78 is 5.55. The standard InChI is InChI=1S/C12H14N2O5/c1-13(2)6-7-5-9-8(12(15)16)3-4-10(14(17)18)11(9)19-7/h3-4,7H,5-6H2,1-2H3,(H,15,16). The molecule has 0 saturated carbocycles. The van der Waals surface area contributed by atoms with Crippen molar-refractivity contribution < 1.29 is 19.6 Å². The molecule has 0 fully saturated rings. The molecule has 1 aromatic rings. The molecule has 1 unspecified atom stereocenters. The maximum Gasteiger partial charge on any atom is 0.336 e. The van der Waals surface area contributed by atoms with E-state index in [4.69, 9.17) is 9.84 Å². The molecule has 1 aliphatic rings. The third kappa shape index (κ3) is 2.50. The zero-order valence-corrected chi connectivity index (χ0v) is 10.6. The Labute approximate surface area is 109 Å². The summed E-state index contributed by atoms with van der Waals surface area (Å²) in [5.74, 6) is -1.00. The van der Waals surface area contributed by atoms with Crippen LogP contribution in [0.3, 0.4) is 0 Å². The number of hydrogen-bond acceptors (Lipinski definition) is 5. The van der Waals surface area contributed by atoms with Gasteiger partial charge >= 0.3 is 11.7 Å². The Bertz CT molecular complexity index is 498. The Hall–Kier alpha value is -2.15. The number of aromatic carboxylic acids is 1. The first-order valence-corrected chi connectivity index (χ1v) is 5.75. The van der Waals surface area contributed by atoms with E-state index < -0.39 is 10.9 Å². The monoisotopic (exact) mass is 266 g/mol. The molecule has 1 heterocycles. The summed E-state index contributed by atoms with van der Waals surface area (Å²) in [6.45, 7) is 0.574. The molecule has 0 aromatic heterocycles. The molecule has 2 rings (SSSR count). The van der Waals surface area contributed by atoms with Gasteiger partial charge < -0.3 is 14.7 Å². The maximum absolute atomic E-state index is 11.1. The number of fused-ring (bicyclic) bond motifs is 1. The highest BCUT2D eigenvalue weighted by Crippen LogP contribution is 2.39. The minimum atomic E-state index is -1.10. The normalized spacial score (nSPS) is 17.1. The van der Waals surface area contributed by atoms with Gasteiger partial charge in [-0.25, -0.2) is 4.79 Å². The van der Waals surface area contributed by atoms with Gasteiger partial charge in [-0.2, -0.15) is 0 Å². The Morgan fingerprint density at radius 1 is 1.58 bits per heavy atom. The van der Waals surface area contributed by atoms with Gasteiger partial charge in [-0.1, -0.05) is 0 Å². The fourth-order valence-electron chi connectivity index (χ4n) is 2.24. The summed E-state index contributed by atoms with van der Waals surface area (Å²) in [6.07, 6.45) is 0.112. The highest BCUT2D eigenvalue weighted by atomic mass is 16.6. The summed E-state index contributed by atoms with van der Waals surface area (Å²) in [5.41, 5.74) is 0.302. The van der Waals surface area contributed by atoms with Crippen LogP contribution in [0.2, 0.25) is 0 Å². The molecule has 0 spiro atoms. The van der Waals surface area contributed by atoms with Crippen molar-refractivity contribution in [2.24, 2.45) is 0 Å². The van der Waals surface area contributed by atoms with Gasteiger partial charge in [0.15, 0.2) is 0 Å². The lowest BCUT2D eigenvalue weighted by molar-refractivity contribution is -0.385. The van der Waals surface area contributed by atoms with Crippen molar-refractivity contribution in [1.29, 1.82) is 0 Å². The van der Waals surface area contributed by atoms with Gasteiger partial charge in [-0.15, -0.1) is 0 Å². The molecule has 1 atom stereocenters. The second-order valence-corrected chi connectivity index (χ2v) is 4.71. The first-order chi connectivity index (χ1) is 8.90. The molecule has 1 N–H and O–H groups in total. The number of nitro groups is 1. The van der Waals surface area contributed by atoms with Gasteiger partial charge in [0.25, 0.3) is 0 Å². The number of nitro benzene ring substituents is 1. The lowest BCUT2D eigenvalue weighted by atomic mass is 10.0. The Kier molecular flexibility index (Phi) is 3.39. The summed E-state index contributed by atoms with van der Waals surface area (Å²) in [5, 5.41) is 20.0. The number of benzene rings is 1. The van der Waals surface area contributed by atoms with Crippen LogP contribution < -0.4 is 4.74 Å². The Morgan fingerprint density at radius 2 is 2.26 bits per heavy atom. The SMILES string of the molecule is CN(C)CC1Cc2c(C(=O)O)ccc([N+](=O)[O-])c2O1. The number of likely N-dealkylation sites (N-methyl/N-ethyl adjacent to an activating group) is 1. The first-order valence-electron chi connectivity index (χ1n) is 5.75. The molecule has 19 heavy (non-hydrogen) atoms. The van der Waals surface area contributed by atoms with E-state index in [9.17, 15) is 14.9 Å². The van der Waals surface area contributed by atoms with Crippen LogP contribution in [0.5, 0.6) is 5.75 Å². The van der Waals surface area contributed by atoms with Gasteiger partial charge in [-0.05, 0) is 20.2 Å². The van der Waals surface area contributed by atoms with E-state index >= 15 is 0 Å². The smallest absolute Gasteiger partial charge is 0.336 e. The van der Waals surface area contributed by atoms with E-state index in [1.165, 1.54) is 12.1 Å². The number of carboxylic acids is 1. The molecular weight excluding hydrogens is 252 g/mol. The Morgan fingerprint density at radius 3 is 2.79 bits per heavy atom. The molecule has 0 bridgehead atoms. The Balaban J connectivity index is 2.43. The highest BCUT2D eigenvalue weighted by Gasteiger charge is 2.34. The van der Waals surface area contributed by atoms with Crippen molar-refractivity contribution in [1.82, 2.24) is 4.90 Å². The van der Waals surface area contributed by atoms with Gasteiger partial charge in [0.2, 0.25) is 5.75 Å². The van der Waals surface area contributed by atoms with E-state index in [0.717, 1.165) is 0 Å². The molecule has 7 heteroatoms. The third-order valence-electron chi connectivity index (χ3n) is 2.95. The van der Waals surface area contributed by atoms with Gasteiger partial charge in [0.05, 0.1) is 10.5 Å². The third-order valence-corrected chi connectivity index (χ3v) is 2.95. The van der Waals surface area contributed by atoms with E-state index in [1.807, 2.05) is 19.0 Å². The average Bonchev–Trinajstić information content (AvgIpc) is 2.68. The molecule has 0 radical (unpaired) electrons. The fourth-order valence-corrected chi connectivity index (χ4v) is 2.24. The van der Waals surface area contributed by atoms with Crippen LogP contribution in [-0.4, -0.2) is 47.6 Å². The van der Waals surface area contributed by atoms with Crippen molar-refractivity contribution in [3.63, 3.8) is 0 Å². The average molecular weight is 266 g/mol. The molecule has 0 saturated heterocycles. The second kappa shape index (κ2) is 4.85. The number of rotatable bonds is 4. The topological polar surface area (TPSA) is 92.9 Å². The van der Waals surface area contributed by atoms with Crippen LogP contribution in [0.1, 0.15) is 15.9 Å². The van der Waals surface area contributed by atoms with Gasteiger partial charge in [0, 0.05) is 24.6 Å². The summed E-state index contributed by atoms with van der Waals surface area (Å²) in [6, 6.07) is 2.45. The van der Waals surface area contributed by atoms with Crippen molar-refractivity contribution in [2.75, 3.05) is 20.6 Å². The first kappa shape index (κ1) is 13.3. The number of carboxylic acid groups (broad SMARTS) is 1. The molecule has 7 nitrogen and oxygen atoms in total. The van der Waals surface area contributed by atoms with Crippen LogP contribution in [0.15, 0.2) is 12.1 Å². The predicted octanol–water partition coefficient (Wildman–Crippen LogP) is 1.16. The zero-order chi connectivity index (χ0) is 14.2. The number of carbonyl (C=O) groups is 1. The van der Waals surface area contributed by atoms with Crippen molar-refractivity contribution in [2.45, 2.75) is 12.5 Å². The van der Waals surface area contributed by atoms with Crippen molar-refractivity contribution in [3.8, 4) is 5.75 Å². The number of hydrogen-bond donors (Lipinski definition) is 1. The molecule has 102 valence electrons. The largest absolute Gasteiger partial charge is 0.482 e.